The van der Waals surface area contributed by atoms with E-state index >= 15 is 0 Å². The molecule has 2 aromatic rings. The number of anilines is 1. The third-order valence-electron chi connectivity index (χ3n) is 3.72. The Labute approximate surface area is 144 Å². The smallest absolute Gasteiger partial charge is 0.272 e. The summed E-state index contributed by atoms with van der Waals surface area (Å²) < 4.78 is 0. The Bertz CT molecular complexity index is 624. The molecule has 24 heavy (non-hydrogen) atoms. The third-order valence-corrected chi connectivity index (χ3v) is 3.72. The average Bonchev–Trinajstić information content (AvgIpc) is 2.62. The predicted octanol–water partition coefficient (Wildman–Crippen LogP) is 3.39. The van der Waals surface area contributed by atoms with Crippen molar-refractivity contribution < 1.29 is 4.79 Å². The Kier molecular flexibility index (Phi) is 7.21. The van der Waals surface area contributed by atoms with Crippen LogP contribution in [0.15, 0.2) is 42.7 Å². The van der Waals surface area contributed by atoms with E-state index in [4.69, 9.17) is 0 Å². The maximum atomic E-state index is 12.6. The Morgan fingerprint density at radius 2 is 1.79 bits per heavy atom. The van der Waals surface area contributed by atoms with E-state index in [1.807, 2.05) is 23.1 Å². The summed E-state index contributed by atoms with van der Waals surface area (Å²) in [5.41, 5.74) is 1.72. The molecule has 1 heterocycles. The molecule has 0 aliphatic rings. The SMILES string of the molecule is CCCN(CCC)C(=O)c1cc(NCCc2ccccc2)ncn1. The van der Waals surface area contributed by atoms with Gasteiger partial charge in [0.15, 0.2) is 0 Å². The summed E-state index contributed by atoms with van der Waals surface area (Å²) in [5, 5.41) is 3.27. The fourth-order valence-electron chi connectivity index (χ4n) is 2.57. The number of hydrogen-bond donors (Lipinski definition) is 1. The van der Waals surface area contributed by atoms with Gasteiger partial charge in [-0.05, 0) is 24.8 Å². The monoisotopic (exact) mass is 326 g/mol. The molecule has 5 heteroatoms. The number of benzene rings is 1. The van der Waals surface area contributed by atoms with Crippen molar-refractivity contribution in [2.75, 3.05) is 25.0 Å². The molecule has 0 saturated carbocycles. The standard InChI is InChI=1S/C19H26N4O/c1-3-12-23(13-4-2)19(24)17-14-18(22-15-21-17)20-11-10-16-8-6-5-7-9-16/h5-9,14-15H,3-4,10-13H2,1-2H3,(H,20,21,22). The van der Waals surface area contributed by atoms with Crippen LogP contribution < -0.4 is 5.32 Å². The minimum atomic E-state index is -0.0211. The van der Waals surface area contributed by atoms with Gasteiger partial charge in [-0.15, -0.1) is 0 Å². The van der Waals surface area contributed by atoms with Gasteiger partial charge in [0.05, 0.1) is 0 Å². The number of hydrogen-bond acceptors (Lipinski definition) is 4. The highest BCUT2D eigenvalue weighted by Crippen LogP contribution is 2.09. The van der Waals surface area contributed by atoms with E-state index in [1.165, 1.54) is 11.9 Å². The molecule has 0 aliphatic carbocycles. The lowest BCUT2D eigenvalue weighted by Gasteiger charge is -2.21. The number of nitrogens with zero attached hydrogens (tertiary/aromatic N) is 3. The van der Waals surface area contributed by atoms with Crippen molar-refractivity contribution in [3.05, 3.63) is 54.0 Å². The molecule has 0 bridgehead atoms. The molecule has 2 rings (SSSR count). The van der Waals surface area contributed by atoms with Crippen LogP contribution in [0.25, 0.3) is 0 Å². The molecule has 0 fully saturated rings. The van der Waals surface area contributed by atoms with Gasteiger partial charge in [0, 0.05) is 25.7 Å². The van der Waals surface area contributed by atoms with Crippen molar-refractivity contribution in [1.82, 2.24) is 14.9 Å². The van der Waals surface area contributed by atoms with Crippen molar-refractivity contribution in [3.63, 3.8) is 0 Å². The number of nitrogens with one attached hydrogen (secondary N) is 1. The van der Waals surface area contributed by atoms with Crippen molar-refractivity contribution in [3.8, 4) is 0 Å². The molecule has 0 atom stereocenters. The topological polar surface area (TPSA) is 58.1 Å². The van der Waals surface area contributed by atoms with Crippen LogP contribution >= 0.6 is 0 Å². The Hall–Kier alpha value is -2.43. The third kappa shape index (κ3) is 5.33. The minimum absolute atomic E-state index is 0.0211. The van der Waals surface area contributed by atoms with Crippen LogP contribution in [0.4, 0.5) is 5.82 Å². The fourth-order valence-corrected chi connectivity index (χ4v) is 2.57. The van der Waals surface area contributed by atoms with Gasteiger partial charge in [0.2, 0.25) is 0 Å². The predicted molar refractivity (Wildman–Crippen MR) is 97.2 cm³/mol. The summed E-state index contributed by atoms with van der Waals surface area (Å²) >= 11 is 0. The number of aromatic nitrogens is 2. The van der Waals surface area contributed by atoms with Crippen LogP contribution in [0.5, 0.6) is 0 Å². The quantitative estimate of drug-likeness (QED) is 0.767. The molecule has 1 N–H and O–H groups in total. The van der Waals surface area contributed by atoms with Crippen molar-refractivity contribution >= 4 is 11.7 Å². The van der Waals surface area contributed by atoms with E-state index in [0.29, 0.717) is 11.5 Å². The van der Waals surface area contributed by atoms with Crippen LogP contribution in [-0.2, 0) is 6.42 Å². The Morgan fingerprint density at radius 1 is 1.08 bits per heavy atom. The summed E-state index contributed by atoms with van der Waals surface area (Å²) in [4.78, 5) is 22.8. The summed E-state index contributed by atoms with van der Waals surface area (Å²) in [6, 6.07) is 12.0. The number of rotatable bonds is 9. The van der Waals surface area contributed by atoms with Gasteiger partial charge in [0.1, 0.15) is 17.8 Å². The first-order valence-corrected chi connectivity index (χ1v) is 8.63. The fraction of sp³-hybridized carbons (Fsp3) is 0.421. The summed E-state index contributed by atoms with van der Waals surface area (Å²) in [5.74, 6) is 0.671. The molecule has 0 aliphatic heterocycles. The number of amides is 1. The van der Waals surface area contributed by atoms with E-state index in [1.54, 1.807) is 6.07 Å². The maximum Gasteiger partial charge on any atom is 0.272 e. The molecular formula is C19H26N4O. The van der Waals surface area contributed by atoms with Crippen LogP contribution in [0.3, 0.4) is 0 Å². The molecule has 0 radical (unpaired) electrons. The van der Waals surface area contributed by atoms with Gasteiger partial charge in [-0.3, -0.25) is 4.79 Å². The van der Waals surface area contributed by atoms with Crippen LogP contribution in [0.1, 0.15) is 42.7 Å². The molecule has 0 spiro atoms. The molecule has 1 aromatic carbocycles. The van der Waals surface area contributed by atoms with E-state index < -0.39 is 0 Å². The summed E-state index contributed by atoms with van der Waals surface area (Å²) in [6.07, 6.45) is 4.25. The zero-order chi connectivity index (χ0) is 17.2. The Morgan fingerprint density at radius 3 is 2.46 bits per heavy atom. The van der Waals surface area contributed by atoms with Gasteiger partial charge in [0.25, 0.3) is 5.91 Å². The van der Waals surface area contributed by atoms with Gasteiger partial charge < -0.3 is 10.2 Å². The molecule has 1 amide bonds. The van der Waals surface area contributed by atoms with E-state index in [2.05, 4.69) is 41.3 Å². The summed E-state index contributed by atoms with van der Waals surface area (Å²) in [6.45, 7) is 6.43. The maximum absolute atomic E-state index is 12.6. The zero-order valence-electron chi connectivity index (χ0n) is 14.5. The molecular weight excluding hydrogens is 300 g/mol. The lowest BCUT2D eigenvalue weighted by atomic mass is 10.1. The largest absolute Gasteiger partial charge is 0.370 e. The van der Waals surface area contributed by atoms with Gasteiger partial charge in [-0.1, -0.05) is 44.2 Å². The lowest BCUT2D eigenvalue weighted by Crippen LogP contribution is -2.33. The first-order chi connectivity index (χ1) is 11.7. The molecule has 0 unspecified atom stereocenters. The van der Waals surface area contributed by atoms with Crippen LogP contribution in [0, 0.1) is 0 Å². The molecule has 128 valence electrons. The normalized spacial score (nSPS) is 10.4. The van der Waals surface area contributed by atoms with Gasteiger partial charge >= 0.3 is 0 Å². The van der Waals surface area contributed by atoms with E-state index in [9.17, 15) is 4.79 Å². The minimum Gasteiger partial charge on any atom is -0.370 e. The molecule has 0 saturated heterocycles. The second-order valence-corrected chi connectivity index (χ2v) is 5.74. The first kappa shape index (κ1) is 17.9. The summed E-state index contributed by atoms with van der Waals surface area (Å²) in [7, 11) is 0. The van der Waals surface area contributed by atoms with Crippen LogP contribution in [-0.4, -0.2) is 40.4 Å². The first-order valence-electron chi connectivity index (χ1n) is 8.63. The van der Waals surface area contributed by atoms with Gasteiger partial charge in [-0.25, -0.2) is 9.97 Å². The second-order valence-electron chi connectivity index (χ2n) is 5.74. The zero-order valence-corrected chi connectivity index (χ0v) is 14.5. The van der Waals surface area contributed by atoms with Crippen molar-refractivity contribution in [2.24, 2.45) is 0 Å². The highest BCUT2D eigenvalue weighted by Gasteiger charge is 2.16. The van der Waals surface area contributed by atoms with E-state index in [-0.39, 0.29) is 5.91 Å². The van der Waals surface area contributed by atoms with Crippen LogP contribution in [0.2, 0.25) is 0 Å². The molecule has 5 nitrogen and oxygen atoms in total. The highest BCUT2D eigenvalue weighted by atomic mass is 16.2. The van der Waals surface area contributed by atoms with E-state index in [0.717, 1.165) is 38.9 Å². The second kappa shape index (κ2) is 9.65. The van der Waals surface area contributed by atoms with Crippen molar-refractivity contribution in [1.29, 1.82) is 0 Å². The lowest BCUT2D eigenvalue weighted by molar-refractivity contribution is 0.0749. The average molecular weight is 326 g/mol. The van der Waals surface area contributed by atoms with Gasteiger partial charge in [-0.2, -0.15) is 0 Å². The highest BCUT2D eigenvalue weighted by molar-refractivity contribution is 5.92. The molecule has 1 aromatic heterocycles. The number of carbonyl (C=O) groups excluding carboxylic acids is 1. The van der Waals surface area contributed by atoms with Crippen molar-refractivity contribution in [2.45, 2.75) is 33.1 Å². The number of carbonyl (C=O) groups is 1. The Balaban J connectivity index is 1.96.